The lowest BCUT2D eigenvalue weighted by Gasteiger charge is -2.16. The molecule has 0 spiro atoms. The summed E-state index contributed by atoms with van der Waals surface area (Å²) < 4.78 is 101. The molecule has 0 amide bonds. The second-order valence-electron chi connectivity index (χ2n) is 6.71. The zero-order valence-electron chi connectivity index (χ0n) is 16.8. The van der Waals surface area contributed by atoms with E-state index in [0.717, 1.165) is 23.7 Å². The summed E-state index contributed by atoms with van der Waals surface area (Å²) in [5.41, 5.74) is -0.565. The summed E-state index contributed by atoms with van der Waals surface area (Å²) in [7, 11) is -4.43. The molecule has 7 nitrogen and oxygen atoms in total. The molecule has 0 aliphatic carbocycles. The van der Waals surface area contributed by atoms with E-state index >= 15 is 0 Å². The highest BCUT2D eigenvalue weighted by molar-refractivity contribution is 7.92. The number of thiazole rings is 1. The predicted octanol–water partition coefficient (Wildman–Crippen LogP) is 6.14. The summed E-state index contributed by atoms with van der Waals surface area (Å²) in [5, 5.41) is 0.960. The standard InChI is InChI=1S/C20H10ClF5N4O3S2/c21-12-4-18(35(31,32)30-19-7-34-9-29-19)14(23)6-17(12)33-16-5-13(22)11(20(24,25)26)3-10(16)15-1-2-27-8-28-15/h1-9,30H. The molecule has 0 fully saturated rings. The van der Waals surface area contributed by atoms with Crippen LogP contribution >= 0.6 is 22.9 Å². The van der Waals surface area contributed by atoms with Gasteiger partial charge >= 0.3 is 6.18 Å². The summed E-state index contributed by atoms with van der Waals surface area (Å²) in [4.78, 5) is 10.4. The van der Waals surface area contributed by atoms with E-state index in [2.05, 4.69) is 19.7 Å². The molecule has 0 saturated heterocycles. The second-order valence-corrected chi connectivity index (χ2v) is 9.49. The summed E-state index contributed by atoms with van der Waals surface area (Å²) in [5.74, 6) is -3.95. The Kier molecular flexibility index (Phi) is 6.62. The van der Waals surface area contributed by atoms with Crippen LogP contribution in [-0.4, -0.2) is 23.4 Å². The third-order valence-corrected chi connectivity index (χ3v) is 6.65. The number of benzene rings is 2. The SMILES string of the molecule is O=S(=O)(Nc1cscn1)c1cc(Cl)c(Oc2cc(F)c(C(F)(F)F)cc2-c2ccncn2)cc1F. The van der Waals surface area contributed by atoms with E-state index < -0.39 is 54.8 Å². The average molecular weight is 549 g/mol. The lowest BCUT2D eigenvalue weighted by Crippen LogP contribution is -2.15. The van der Waals surface area contributed by atoms with E-state index in [1.807, 2.05) is 0 Å². The van der Waals surface area contributed by atoms with Crippen molar-refractivity contribution in [2.75, 3.05) is 4.72 Å². The molecule has 0 radical (unpaired) electrons. The molecule has 0 aliphatic heterocycles. The van der Waals surface area contributed by atoms with Crippen molar-refractivity contribution in [1.29, 1.82) is 0 Å². The molecule has 35 heavy (non-hydrogen) atoms. The van der Waals surface area contributed by atoms with Crippen molar-refractivity contribution in [2.45, 2.75) is 11.1 Å². The molecule has 0 saturated carbocycles. The normalized spacial score (nSPS) is 11.9. The molecule has 4 rings (SSSR count). The first kappa shape index (κ1) is 24.8. The Hall–Kier alpha value is -3.36. The fraction of sp³-hybridized carbons (Fsp3) is 0.0500. The first-order valence-corrected chi connectivity index (χ1v) is 12.0. The molecular formula is C20H10ClF5N4O3S2. The van der Waals surface area contributed by atoms with Gasteiger partial charge in [-0.1, -0.05) is 11.6 Å². The van der Waals surface area contributed by atoms with Crippen molar-refractivity contribution in [3.05, 3.63) is 76.0 Å². The number of nitrogens with zero attached hydrogens (tertiary/aromatic N) is 3. The van der Waals surface area contributed by atoms with Gasteiger partial charge in [0, 0.05) is 29.3 Å². The molecule has 2 heterocycles. The summed E-state index contributed by atoms with van der Waals surface area (Å²) in [6, 6.07) is 3.53. The lowest BCUT2D eigenvalue weighted by atomic mass is 10.1. The Balaban J connectivity index is 1.76. The maximum atomic E-state index is 14.8. The molecule has 2 aromatic carbocycles. The Labute approximate surface area is 203 Å². The number of sulfonamides is 1. The van der Waals surface area contributed by atoms with Crippen molar-refractivity contribution in [3.63, 3.8) is 0 Å². The van der Waals surface area contributed by atoms with Gasteiger partial charge in [0.05, 0.1) is 21.8 Å². The minimum Gasteiger partial charge on any atom is -0.455 e. The second kappa shape index (κ2) is 9.36. The Morgan fingerprint density at radius 3 is 2.40 bits per heavy atom. The number of anilines is 1. The molecule has 0 bridgehead atoms. The zero-order chi connectivity index (χ0) is 25.4. The van der Waals surface area contributed by atoms with Crippen molar-refractivity contribution < 1.29 is 35.1 Å². The van der Waals surface area contributed by atoms with Crippen LogP contribution < -0.4 is 9.46 Å². The van der Waals surface area contributed by atoms with Gasteiger partial charge in [-0.25, -0.2) is 32.2 Å². The molecule has 0 atom stereocenters. The van der Waals surface area contributed by atoms with Crippen molar-refractivity contribution >= 4 is 38.8 Å². The number of rotatable bonds is 6. The van der Waals surface area contributed by atoms with E-state index in [0.29, 0.717) is 18.2 Å². The number of ether oxygens (including phenoxy) is 1. The number of hydrogen-bond donors (Lipinski definition) is 1. The van der Waals surface area contributed by atoms with Gasteiger partial charge in [-0.2, -0.15) is 13.2 Å². The fourth-order valence-corrected chi connectivity index (χ4v) is 4.79. The molecule has 4 aromatic rings. The van der Waals surface area contributed by atoms with Crippen molar-refractivity contribution in [3.8, 4) is 22.8 Å². The van der Waals surface area contributed by atoms with Crippen LogP contribution in [0.4, 0.5) is 27.8 Å². The van der Waals surface area contributed by atoms with E-state index in [-0.39, 0.29) is 17.1 Å². The highest BCUT2D eigenvalue weighted by Crippen LogP contribution is 2.42. The van der Waals surface area contributed by atoms with Gasteiger partial charge in [0.15, 0.2) is 5.82 Å². The summed E-state index contributed by atoms with van der Waals surface area (Å²) in [6.07, 6.45) is -2.73. The monoisotopic (exact) mass is 548 g/mol. The molecular weight excluding hydrogens is 539 g/mol. The van der Waals surface area contributed by atoms with Gasteiger partial charge in [0.2, 0.25) is 0 Å². The highest BCUT2D eigenvalue weighted by atomic mass is 35.5. The topological polar surface area (TPSA) is 94.1 Å². The largest absolute Gasteiger partial charge is 0.455 e. The first-order valence-electron chi connectivity index (χ1n) is 9.21. The van der Waals surface area contributed by atoms with Gasteiger partial charge in [-0.05, 0) is 18.2 Å². The number of halogens is 6. The molecule has 0 unspecified atom stereocenters. The molecule has 0 aliphatic rings. The van der Waals surface area contributed by atoms with Crippen LogP contribution in [0.2, 0.25) is 5.02 Å². The molecule has 182 valence electrons. The van der Waals surface area contributed by atoms with Crippen LogP contribution in [0.3, 0.4) is 0 Å². The fourth-order valence-electron chi connectivity index (χ4n) is 2.88. The highest BCUT2D eigenvalue weighted by Gasteiger charge is 2.35. The summed E-state index contributed by atoms with van der Waals surface area (Å²) >= 11 is 7.19. The van der Waals surface area contributed by atoms with Crippen LogP contribution in [0.1, 0.15) is 5.56 Å². The minimum atomic E-state index is -5.02. The lowest BCUT2D eigenvalue weighted by molar-refractivity contribution is -0.139. The first-order chi connectivity index (χ1) is 16.5. The van der Waals surface area contributed by atoms with Gasteiger partial charge in [0.1, 0.15) is 34.4 Å². The van der Waals surface area contributed by atoms with Crippen LogP contribution in [0.25, 0.3) is 11.3 Å². The predicted molar refractivity (Wildman–Crippen MR) is 117 cm³/mol. The van der Waals surface area contributed by atoms with Crippen LogP contribution in [0, 0.1) is 11.6 Å². The summed E-state index contributed by atoms with van der Waals surface area (Å²) in [6.45, 7) is 0. The van der Waals surface area contributed by atoms with E-state index in [1.165, 1.54) is 23.2 Å². The zero-order valence-corrected chi connectivity index (χ0v) is 19.2. The molecule has 15 heteroatoms. The van der Waals surface area contributed by atoms with Gasteiger partial charge < -0.3 is 4.74 Å². The molecule has 2 aromatic heterocycles. The number of alkyl halides is 3. The third kappa shape index (κ3) is 5.33. The Morgan fingerprint density at radius 1 is 1.03 bits per heavy atom. The van der Waals surface area contributed by atoms with Crippen molar-refractivity contribution in [2.24, 2.45) is 0 Å². The van der Waals surface area contributed by atoms with Gasteiger partial charge in [0.25, 0.3) is 10.0 Å². The maximum Gasteiger partial charge on any atom is 0.419 e. The van der Waals surface area contributed by atoms with Crippen LogP contribution in [-0.2, 0) is 16.2 Å². The van der Waals surface area contributed by atoms with Crippen molar-refractivity contribution in [1.82, 2.24) is 15.0 Å². The minimum absolute atomic E-state index is 0.0411. The van der Waals surface area contributed by atoms with Crippen LogP contribution in [0.15, 0.2) is 58.6 Å². The number of aromatic nitrogens is 3. The average Bonchev–Trinajstić information content (AvgIpc) is 3.28. The maximum absolute atomic E-state index is 14.8. The van der Waals surface area contributed by atoms with E-state index in [4.69, 9.17) is 16.3 Å². The quantitative estimate of drug-likeness (QED) is 0.291. The number of hydrogen-bond acceptors (Lipinski definition) is 7. The van der Waals surface area contributed by atoms with Gasteiger partial charge in [-0.15, -0.1) is 11.3 Å². The smallest absolute Gasteiger partial charge is 0.419 e. The molecule has 1 N–H and O–H groups in total. The number of nitrogens with one attached hydrogen (secondary N) is 1. The Morgan fingerprint density at radius 2 is 1.77 bits per heavy atom. The van der Waals surface area contributed by atoms with E-state index in [9.17, 15) is 30.4 Å². The van der Waals surface area contributed by atoms with E-state index in [1.54, 1.807) is 0 Å². The van der Waals surface area contributed by atoms with Gasteiger partial charge in [-0.3, -0.25) is 4.72 Å². The third-order valence-electron chi connectivity index (χ3n) is 4.40. The van der Waals surface area contributed by atoms with Crippen LogP contribution in [0.5, 0.6) is 11.5 Å². The Bertz CT molecular complexity index is 1490.